The maximum Gasteiger partial charge on any atom is 0.180 e. The zero-order valence-corrected chi connectivity index (χ0v) is 12.6. The first-order valence-corrected chi connectivity index (χ1v) is 7.32. The van der Waals surface area contributed by atoms with Crippen molar-refractivity contribution >= 4 is 27.8 Å². The van der Waals surface area contributed by atoms with Crippen LogP contribution in [0.4, 0.5) is 5.13 Å². The van der Waals surface area contributed by atoms with Gasteiger partial charge in [0.15, 0.2) is 5.13 Å². The lowest BCUT2D eigenvalue weighted by Crippen LogP contribution is -2.10. The molecule has 0 saturated heterocycles. The van der Waals surface area contributed by atoms with Crippen molar-refractivity contribution in [3.8, 4) is 10.6 Å². The molecule has 18 heavy (non-hydrogen) atoms. The van der Waals surface area contributed by atoms with E-state index in [9.17, 15) is 0 Å². The molecule has 0 radical (unpaired) electrons. The third kappa shape index (κ3) is 2.71. The van der Waals surface area contributed by atoms with Gasteiger partial charge in [-0.15, -0.1) is 22.7 Å². The summed E-state index contributed by atoms with van der Waals surface area (Å²) in [5, 5.41) is 3.64. The number of nitrogen functional groups attached to an aromatic ring is 1. The summed E-state index contributed by atoms with van der Waals surface area (Å²) in [7, 11) is 1.68. The molecule has 0 aliphatic heterocycles. The predicted molar refractivity (Wildman–Crippen MR) is 77.0 cm³/mol. The quantitative estimate of drug-likeness (QED) is 0.939. The van der Waals surface area contributed by atoms with Gasteiger partial charge in [0, 0.05) is 17.9 Å². The first kappa shape index (κ1) is 13.5. The number of thiazole rings is 2. The van der Waals surface area contributed by atoms with Crippen molar-refractivity contribution in [3.63, 3.8) is 0 Å². The van der Waals surface area contributed by atoms with E-state index >= 15 is 0 Å². The van der Waals surface area contributed by atoms with Crippen molar-refractivity contribution in [3.05, 3.63) is 16.1 Å². The number of hydrogen-bond acceptors (Lipinski definition) is 6. The van der Waals surface area contributed by atoms with Gasteiger partial charge in [-0.2, -0.15) is 0 Å². The molecule has 0 saturated carbocycles. The van der Waals surface area contributed by atoms with Crippen LogP contribution >= 0.6 is 22.7 Å². The van der Waals surface area contributed by atoms with Crippen molar-refractivity contribution in [2.75, 3.05) is 12.8 Å². The van der Waals surface area contributed by atoms with Crippen molar-refractivity contribution in [2.45, 2.75) is 32.8 Å². The third-order valence-electron chi connectivity index (χ3n) is 2.37. The van der Waals surface area contributed by atoms with Crippen molar-refractivity contribution in [1.82, 2.24) is 9.97 Å². The second-order valence-corrected chi connectivity index (χ2v) is 6.94. The van der Waals surface area contributed by atoms with E-state index in [1.54, 1.807) is 18.4 Å². The van der Waals surface area contributed by atoms with Gasteiger partial charge in [0.1, 0.15) is 0 Å². The van der Waals surface area contributed by atoms with Gasteiger partial charge in [-0.1, -0.05) is 20.8 Å². The van der Waals surface area contributed by atoms with Crippen molar-refractivity contribution in [2.24, 2.45) is 0 Å². The van der Waals surface area contributed by atoms with Crippen molar-refractivity contribution in [1.29, 1.82) is 0 Å². The van der Waals surface area contributed by atoms with E-state index in [1.807, 2.05) is 5.38 Å². The molecule has 4 nitrogen and oxygen atoms in total. The van der Waals surface area contributed by atoms with E-state index in [1.165, 1.54) is 11.3 Å². The molecule has 2 aromatic heterocycles. The normalized spacial score (nSPS) is 12.0. The van der Waals surface area contributed by atoms with Gasteiger partial charge in [0.05, 0.1) is 27.9 Å². The number of anilines is 1. The molecule has 0 aliphatic rings. The Bertz CT molecular complexity index is 540. The summed E-state index contributed by atoms with van der Waals surface area (Å²) in [6.45, 7) is 6.96. The lowest BCUT2D eigenvalue weighted by atomic mass is 9.98. The first-order chi connectivity index (χ1) is 8.41. The lowest BCUT2D eigenvalue weighted by Gasteiger charge is -2.13. The van der Waals surface area contributed by atoms with Gasteiger partial charge in [-0.3, -0.25) is 0 Å². The molecule has 98 valence electrons. The van der Waals surface area contributed by atoms with E-state index in [0.717, 1.165) is 21.3 Å². The number of nitrogens with zero attached hydrogens (tertiary/aromatic N) is 2. The van der Waals surface area contributed by atoms with Crippen LogP contribution in [0.3, 0.4) is 0 Å². The Kier molecular flexibility index (Phi) is 3.70. The lowest BCUT2D eigenvalue weighted by molar-refractivity contribution is 0.182. The molecule has 0 amide bonds. The minimum absolute atomic E-state index is 0.0347. The fourth-order valence-electron chi connectivity index (χ4n) is 1.50. The monoisotopic (exact) mass is 283 g/mol. The van der Waals surface area contributed by atoms with Gasteiger partial charge >= 0.3 is 0 Å². The van der Waals surface area contributed by atoms with E-state index in [2.05, 4.69) is 30.7 Å². The Morgan fingerprint density at radius 2 is 2.06 bits per heavy atom. The third-order valence-corrected chi connectivity index (χ3v) is 4.59. The minimum atomic E-state index is 0.0347. The SMILES string of the molecule is COCc1nc(C(C)(C)C)sc1-c1csc(N)n1. The van der Waals surface area contributed by atoms with Gasteiger partial charge < -0.3 is 10.5 Å². The fraction of sp³-hybridized carbons (Fsp3) is 0.500. The Hall–Kier alpha value is -0.980. The molecular weight excluding hydrogens is 266 g/mol. The molecule has 0 aromatic carbocycles. The topological polar surface area (TPSA) is 61.0 Å². The van der Waals surface area contributed by atoms with Gasteiger partial charge in [-0.05, 0) is 0 Å². The number of nitrogens with two attached hydrogens (primary N) is 1. The molecule has 0 spiro atoms. The fourth-order valence-corrected chi connectivity index (χ4v) is 3.21. The highest BCUT2D eigenvalue weighted by Crippen LogP contribution is 2.36. The summed E-state index contributed by atoms with van der Waals surface area (Å²) in [5.74, 6) is 0. The zero-order valence-electron chi connectivity index (χ0n) is 11.0. The van der Waals surface area contributed by atoms with Crippen LogP contribution in [0.15, 0.2) is 5.38 Å². The van der Waals surface area contributed by atoms with E-state index < -0.39 is 0 Å². The van der Waals surface area contributed by atoms with Crippen LogP contribution in [0.5, 0.6) is 0 Å². The van der Waals surface area contributed by atoms with Crippen LogP contribution in [0.2, 0.25) is 0 Å². The summed E-state index contributed by atoms with van der Waals surface area (Å²) in [6.07, 6.45) is 0. The molecule has 0 aliphatic carbocycles. The highest BCUT2D eigenvalue weighted by atomic mass is 32.1. The van der Waals surface area contributed by atoms with Crippen molar-refractivity contribution < 1.29 is 4.74 Å². The number of rotatable bonds is 3. The summed E-state index contributed by atoms with van der Waals surface area (Å²) < 4.78 is 5.21. The first-order valence-electron chi connectivity index (χ1n) is 5.62. The number of aromatic nitrogens is 2. The summed E-state index contributed by atoms with van der Waals surface area (Å²) >= 11 is 3.12. The molecule has 2 aromatic rings. The molecule has 0 atom stereocenters. The van der Waals surface area contributed by atoms with Crippen LogP contribution < -0.4 is 5.73 Å². The van der Waals surface area contributed by atoms with Crippen LogP contribution in [-0.2, 0) is 16.8 Å². The van der Waals surface area contributed by atoms with Crippen LogP contribution in [-0.4, -0.2) is 17.1 Å². The number of ether oxygens (including phenoxy) is 1. The molecule has 2 heterocycles. The van der Waals surface area contributed by atoms with Crippen LogP contribution in [0, 0.1) is 0 Å². The predicted octanol–water partition coefficient (Wildman–Crippen LogP) is 3.29. The van der Waals surface area contributed by atoms with E-state index in [4.69, 9.17) is 10.5 Å². The summed E-state index contributed by atoms with van der Waals surface area (Å²) in [5.41, 5.74) is 7.57. The second kappa shape index (κ2) is 4.95. The largest absolute Gasteiger partial charge is 0.378 e. The average Bonchev–Trinajstić information content (AvgIpc) is 2.84. The average molecular weight is 283 g/mol. The number of methoxy groups -OCH3 is 1. The van der Waals surface area contributed by atoms with Crippen LogP contribution in [0.25, 0.3) is 10.6 Å². The molecule has 0 fully saturated rings. The minimum Gasteiger partial charge on any atom is -0.378 e. The molecule has 2 N–H and O–H groups in total. The maximum atomic E-state index is 5.69. The smallest absolute Gasteiger partial charge is 0.180 e. The highest BCUT2D eigenvalue weighted by molar-refractivity contribution is 7.16. The van der Waals surface area contributed by atoms with E-state index in [0.29, 0.717) is 11.7 Å². The Morgan fingerprint density at radius 3 is 2.56 bits per heavy atom. The van der Waals surface area contributed by atoms with Gasteiger partial charge in [0.25, 0.3) is 0 Å². The number of hydrogen-bond donors (Lipinski definition) is 1. The molecule has 0 bridgehead atoms. The maximum absolute atomic E-state index is 5.69. The molecule has 0 unspecified atom stereocenters. The van der Waals surface area contributed by atoms with E-state index in [-0.39, 0.29) is 5.41 Å². The second-order valence-electron chi connectivity index (χ2n) is 5.05. The Morgan fingerprint density at radius 1 is 1.33 bits per heavy atom. The Labute approximate surface area is 115 Å². The molecule has 6 heteroatoms. The van der Waals surface area contributed by atoms with Gasteiger partial charge in [-0.25, -0.2) is 9.97 Å². The zero-order chi connectivity index (χ0) is 13.3. The van der Waals surface area contributed by atoms with Crippen LogP contribution in [0.1, 0.15) is 31.5 Å². The summed E-state index contributed by atoms with van der Waals surface area (Å²) in [4.78, 5) is 10.1. The standard InChI is InChI=1S/C12H17N3OS2/c1-12(2,3)10-14-7(5-16-4)9(18-10)8-6-17-11(13)15-8/h6H,5H2,1-4H3,(H2,13,15). The highest BCUT2D eigenvalue weighted by Gasteiger charge is 2.23. The molecule has 2 rings (SSSR count). The molecular formula is C12H17N3OS2. The summed E-state index contributed by atoms with van der Waals surface area (Å²) in [6, 6.07) is 0. The van der Waals surface area contributed by atoms with Gasteiger partial charge in [0.2, 0.25) is 0 Å². The Balaban J connectivity index is 2.48.